The number of ether oxygens (including phenoxy) is 2. The minimum Gasteiger partial charge on any atom is -0.454 e. The van der Waals surface area contributed by atoms with Gasteiger partial charge in [0.1, 0.15) is 5.92 Å². The summed E-state index contributed by atoms with van der Waals surface area (Å²) in [5, 5.41) is 15.8. The Bertz CT molecular complexity index is 933. The number of hydrogen-bond acceptors (Lipinski definition) is 6. The molecule has 1 saturated heterocycles. The molecule has 11 heteroatoms. The molecule has 2 aliphatic heterocycles. The van der Waals surface area contributed by atoms with E-state index in [0.717, 1.165) is 11.3 Å². The zero-order valence-corrected chi connectivity index (χ0v) is 14.8. The highest BCUT2D eigenvalue weighted by molar-refractivity contribution is 7.12. The second kappa shape index (κ2) is 6.38. The van der Waals surface area contributed by atoms with Gasteiger partial charge in [-0.3, -0.25) is 4.79 Å². The van der Waals surface area contributed by atoms with Crippen LogP contribution in [-0.4, -0.2) is 35.6 Å². The fourth-order valence-electron chi connectivity index (χ4n) is 3.30. The standard InChI is InChI=1S/C17H13F3N2O5S/c18-17(19,20)16(25)12(14(23)11-2-1-5-28-11)13(21-15(24)22-16)8-3-4-9-10(6-8)27-7-26-9/h1-6,12-13,25H,7H2,(H2,21,22,24). The third kappa shape index (κ3) is 2.87. The van der Waals surface area contributed by atoms with Crippen LogP contribution < -0.4 is 20.1 Å². The fourth-order valence-corrected chi connectivity index (χ4v) is 4.00. The van der Waals surface area contributed by atoms with E-state index in [-0.39, 0.29) is 23.0 Å². The molecule has 3 N–H and O–H groups in total. The van der Waals surface area contributed by atoms with Crippen LogP contribution in [0, 0.1) is 5.92 Å². The zero-order chi connectivity index (χ0) is 20.1. The van der Waals surface area contributed by atoms with Gasteiger partial charge in [-0.1, -0.05) is 12.1 Å². The van der Waals surface area contributed by atoms with Gasteiger partial charge in [0.2, 0.25) is 12.5 Å². The first kappa shape index (κ1) is 18.6. The molecule has 0 radical (unpaired) electrons. The van der Waals surface area contributed by atoms with Crippen molar-refractivity contribution in [2.75, 3.05) is 6.79 Å². The van der Waals surface area contributed by atoms with Crippen LogP contribution in [0.1, 0.15) is 21.3 Å². The molecule has 0 aliphatic carbocycles. The molecule has 2 aromatic rings. The summed E-state index contributed by atoms with van der Waals surface area (Å²) in [6.45, 7) is -0.0542. The normalized spacial score (nSPS) is 26.5. The summed E-state index contributed by atoms with van der Waals surface area (Å²) in [5.41, 5.74) is -3.59. The van der Waals surface area contributed by atoms with Gasteiger partial charge in [-0.15, -0.1) is 11.3 Å². The largest absolute Gasteiger partial charge is 0.454 e. The second-order valence-corrected chi connectivity index (χ2v) is 7.22. The molecule has 0 bridgehead atoms. The van der Waals surface area contributed by atoms with Crippen molar-refractivity contribution in [3.63, 3.8) is 0 Å². The van der Waals surface area contributed by atoms with Crippen LogP contribution in [-0.2, 0) is 0 Å². The Labute approximate surface area is 160 Å². The number of fused-ring (bicyclic) bond motifs is 1. The summed E-state index contributed by atoms with van der Waals surface area (Å²) >= 11 is 0.941. The highest BCUT2D eigenvalue weighted by Gasteiger charge is 2.66. The molecule has 3 atom stereocenters. The van der Waals surface area contributed by atoms with Crippen molar-refractivity contribution in [1.82, 2.24) is 10.6 Å². The summed E-state index contributed by atoms with van der Waals surface area (Å²) in [4.78, 5) is 24.9. The van der Waals surface area contributed by atoms with E-state index in [2.05, 4.69) is 5.32 Å². The lowest BCUT2D eigenvalue weighted by Gasteiger charge is -2.44. The van der Waals surface area contributed by atoms with E-state index in [1.807, 2.05) is 0 Å². The number of aliphatic hydroxyl groups is 1. The Balaban J connectivity index is 1.84. The van der Waals surface area contributed by atoms with E-state index in [4.69, 9.17) is 9.47 Å². The maximum absolute atomic E-state index is 13.8. The molecule has 3 unspecified atom stereocenters. The number of urea groups is 1. The molecule has 148 valence electrons. The van der Waals surface area contributed by atoms with Gasteiger partial charge in [-0.25, -0.2) is 4.79 Å². The number of alkyl halides is 3. The van der Waals surface area contributed by atoms with Crippen LogP contribution in [0.5, 0.6) is 11.5 Å². The number of rotatable bonds is 3. The number of carbonyl (C=O) groups is 2. The maximum atomic E-state index is 13.8. The minimum atomic E-state index is -5.29. The van der Waals surface area contributed by atoms with Crippen LogP contribution >= 0.6 is 11.3 Å². The average molecular weight is 414 g/mol. The number of benzene rings is 1. The first-order valence-corrected chi connectivity index (χ1v) is 8.94. The molecule has 2 aliphatic rings. The van der Waals surface area contributed by atoms with Gasteiger partial charge in [-0.05, 0) is 29.1 Å². The van der Waals surface area contributed by atoms with E-state index >= 15 is 0 Å². The topological polar surface area (TPSA) is 96.9 Å². The number of hydrogen-bond donors (Lipinski definition) is 3. The first-order valence-electron chi connectivity index (χ1n) is 8.06. The quantitative estimate of drug-likeness (QED) is 0.671. The summed E-state index contributed by atoms with van der Waals surface area (Å²) in [7, 11) is 0. The Hall–Kier alpha value is -2.79. The molecule has 1 aromatic heterocycles. The van der Waals surface area contributed by atoms with Gasteiger partial charge in [0, 0.05) is 0 Å². The lowest BCUT2D eigenvalue weighted by atomic mass is 9.78. The van der Waals surface area contributed by atoms with Gasteiger partial charge in [0.25, 0.3) is 0 Å². The van der Waals surface area contributed by atoms with Crippen molar-refractivity contribution in [3.05, 3.63) is 46.2 Å². The molecular weight excluding hydrogens is 401 g/mol. The monoisotopic (exact) mass is 414 g/mol. The van der Waals surface area contributed by atoms with Crippen molar-refractivity contribution in [2.45, 2.75) is 17.9 Å². The number of Topliss-reactive ketones (excluding diaryl/α,β-unsaturated/α-hetero) is 1. The number of amides is 2. The van der Waals surface area contributed by atoms with E-state index in [0.29, 0.717) is 5.75 Å². The van der Waals surface area contributed by atoms with E-state index < -0.39 is 35.7 Å². The van der Waals surface area contributed by atoms with Crippen LogP contribution in [0.25, 0.3) is 0 Å². The smallest absolute Gasteiger partial charge is 0.437 e. The third-order valence-electron chi connectivity index (χ3n) is 4.61. The number of carbonyl (C=O) groups excluding carboxylic acids is 2. The molecule has 3 heterocycles. The summed E-state index contributed by atoms with van der Waals surface area (Å²) in [6, 6.07) is 4.42. The van der Waals surface area contributed by atoms with Gasteiger partial charge in [-0.2, -0.15) is 13.2 Å². The van der Waals surface area contributed by atoms with Crippen molar-refractivity contribution in [1.29, 1.82) is 0 Å². The van der Waals surface area contributed by atoms with Crippen LogP contribution in [0.15, 0.2) is 35.7 Å². The van der Waals surface area contributed by atoms with Crippen molar-refractivity contribution < 1.29 is 37.3 Å². The molecule has 4 rings (SSSR count). The fraction of sp³-hybridized carbons (Fsp3) is 0.294. The van der Waals surface area contributed by atoms with Crippen LogP contribution in [0.2, 0.25) is 0 Å². The van der Waals surface area contributed by atoms with Crippen LogP contribution in [0.3, 0.4) is 0 Å². The Morgan fingerprint density at radius 1 is 1.25 bits per heavy atom. The number of ketones is 1. The zero-order valence-electron chi connectivity index (χ0n) is 13.9. The van der Waals surface area contributed by atoms with Crippen molar-refractivity contribution in [2.24, 2.45) is 5.92 Å². The third-order valence-corrected chi connectivity index (χ3v) is 5.49. The Morgan fingerprint density at radius 2 is 2.00 bits per heavy atom. The molecular formula is C17H13F3N2O5S. The van der Waals surface area contributed by atoms with E-state index in [1.54, 1.807) is 0 Å². The maximum Gasteiger partial charge on any atom is 0.437 e. The summed E-state index contributed by atoms with van der Waals surface area (Å²) in [5.74, 6) is -2.37. The molecule has 2 amide bonds. The van der Waals surface area contributed by atoms with E-state index in [1.165, 1.54) is 41.0 Å². The molecule has 1 fully saturated rings. The summed E-state index contributed by atoms with van der Waals surface area (Å²) < 4.78 is 51.7. The van der Waals surface area contributed by atoms with Crippen molar-refractivity contribution >= 4 is 23.2 Å². The van der Waals surface area contributed by atoms with Crippen LogP contribution in [0.4, 0.5) is 18.0 Å². The van der Waals surface area contributed by atoms with Gasteiger partial charge < -0.3 is 25.2 Å². The number of thiophene rings is 1. The second-order valence-electron chi connectivity index (χ2n) is 6.27. The van der Waals surface area contributed by atoms with Gasteiger partial charge in [0.05, 0.1) is 10.9 Å². The predicted octanol–water partition coefficient (Wildman–Crippen LogP) is 2.58. The number of halogens is 3. The van der Waals surface area contributed by atoms with Gasteiger partial charge in [0.15, 0.2) is 17.3 Å². The average Bonchev–Trinajstić information content (AvgIpc) is 3.30. The predicted molar refractivity (Wildman–Crippen MR) is 90.1 cm³/mol. The molecule has 0 saturated carbocycles. The number of nitrogens with one attached hydrogen (secondary N) is 2. The van der Waals surface area contributed by atoms with Crippen molar-refractivity contribution in [3.8, 4) is 11.5 Å². The van der Waals surface area contributed by atoms with Gasteiger partial charge >= 0.3 is 12.2 Å². The Kier molecular flexibility index (Phi) is 4.23. The lowest BCUT2D eigenvalue weighted by Crippen LogP contribution is -2.72. The lowest BCUT2D eigenvalue weighted by molar-refractivity contribution is -0.287. The molecule has 0 spiro atoms. The molecule has 28 heavy (non-hydrogen) atoms. The molecule has 1 aromatic carbocycles. The molecule has 7 nitrogen and oxygen atoms in total. The first-order chi connectivity index (χ1) is 13.2. The van der Waals surface area contributed by atoms with E-state index in [9.17, 15) is 27.9 Å². The minimum absolute atomic E-state index is 0.0244. The highest BCUT2D eigenvalue weighted by atomic mass is 32.1. The summed E-state index contributed by atoms with van der Waals surface area (Å²) in [6.07, 6.45) is -5.29. The highest BCUT2D eigenvalue weighted by Crippen LogP contribution is 2.45. The Morgan fingerprint density at radius 3 is 2.68 bits per heavy atom. The SMILES string of the molecule is O=C1NC(c2ccc3c(c2)OCO3)C(C(=O)c2cccs2)C(O)(C(F)(F)F)N1.